The summed E-state index contributed by atoms with van der Waals surface area (Å²) >= 11 is 3.57. The molecule has 2 bridgehead atoms. The Morgan fingerprint density at radius 1 is 1.10 bits per heavy atom. The van der Waals surface area contributed by atoms with Crippen LogP contribution in [0.4, 0.5) is 10.1 Å². The van der Waals surface area contributed by atoms with Crippen molar-refractivity contribution in [3.05, 3.63) is 57.0 Å². The zero-order valence-electron chi connectivity index (χ0n) is 16.7. The summed E-state index contributed by atoms with van der Waals surface area (Å²) in [5.41, 5.74) is 2.97. The Morgan fingerprint density at radius 3 is 2.71 bits per heavy atom. The Labute approximate surface area is 186 Å². The molecule has 5 heterocycles. The van der Waals surface area contributed by atoms with E-state index >= 15 is 0 Å². The number of imidazole rings is 1. The van der Waals surface area contributed by atoms with Crippen molar-refractivity contribution < 1.29 is 4.39 Å². The first-order valence-electron chi connectivity index (χ1n) is 10.6. The minimum Gasteiger partial charge on any atom is -0.379 e. The molecule has 0 unspecified atom stereocenters. The van der Waals surface area contributed by atoms with E-state index < -0.39 is 0 Å². The summed E-state index contributed by atoms with van der Waals surface area (Å²) in [6.07, 6.45) is 2.34. The van der Waals surface area contributed by atoms with E-state index in [2.05, 4.69) is 41.1 Å². The average molecular weight is 482 g/mol. The van der Waals surface area contributed by atoms with E-state index in [4.69, 9.17) is 0 Å². The first-order valence-corrected chi connectivity index (χ1v) is 11.3. The third-order valence-electron chi connectivity index (χ3n) is 6.64. The lowest BCUT2D eigenvalue weighted by atomic mass is 9.83. The number of aromatic nitrogens is 3. The summed E-state index contributed by atoms with van der Waals surface area (Å²) in [6, 6.07) is 10.5. The number of piperidine rings is 3. The Bertz CT molecular complexity index is 1370. The van der Waals surface area contributed by atoms with E-state index in [-0.39, 0.29) is 17.4 Å². The van der Waals surface area contributed by atoms with Crippen molar-refractivity contribution >= 4 is 43.6 Å². The third kappa shape index (κ3) is 3.25. The van der Waals surface area contributed by atoms with Crippen LogP contribution in [0.1, 0.15) is 12.8 Å². The summed E-state index contributed by atoms with van der Waals surface area (Å²) < 4.78 is 14.6. The van der Waals surface area contributed by atoms with Gasteiger partial charge in [-0.15, -0.1) is 0 Å². The minimum absolute atomic E-state index is 0.224. The summed E-state index contributed by atoms with van der Waals surface area (Å²) in [5.74, 6) is 0.682. The van der Waals surface area contributed by atoms with Gasteiger partial charge >= 0.3 is 0 Å². The van der Waals surface area contributed by atoms with Gasteiger partial charge in [-0.05, 0) is 68.2 Å². The van der Waals surface area contributed by atoms with E-state index in [9.17, 15) is 9.18 Å². The largest absolute Gasteiger partial charge is 0.379 e. The van der Waals surface area contributed by atoms with Crippen molar-refractivity contribution in [1.82, 2.24) is 19.9 Å². The lowest BCUT2D eigenvalue weighted by Gasteiger charge is -2.45. The maximum Gasteiger partial charge on any atom is 0.261 e. The van der Waals surface area contributed by atoms with Gasteiger partial charge in [0.2, 0.25) is 0 Å². The fraction of sp³-hybridized carbons (Fsp3) is 0.304. The molecule has 8 heteroatoms. The third-order valence-corrected chi connectivity index (χ3v) is 7.14. The molecular formula is C23H21BrFN5O. The number of hydrogen-bond acceptors (Lipinski definition) is 4. The quantitative estimate of drug-likeness (QED) is 0.403. The zero-order valence-corrected chi connectivity index (χ0v) is 18.3. The number of H-pyrrole nitrogens is 2. The van der Waals surface area contributed by atoms with Crippen LogP contribution in [0.15, 0.2) is 45.7 Å². The van der Waals surface area contributed by atoms with Crippen LogP contribution < -0.4 is 10.9 Å². The Morgan fingerprint density at radius 2 is 1.94 bits per heavy atom. The Hall–Kier alpha value is -2.71. The first kappa shape index (κ1) is 19.0. The van der Waals surface area contributed by atoms with Gasteiger partial charge in [-0.3, -0.25) is 4.79 Å². The number of anilines is 1. The molecule has 3 N–H and O–H groups in total. The summed E-state index contributed by atoms with van der Waals surface area (Å²) in [6.45, 7) is 3.26. The summed E-state index contributed by atoms with van der Waals surface area (Å²) in [5, 5.41) is 4.65. The second-order valence-corrected chi connectivity index (χ2v) is 9.45. The molecule has 2 aromatic heterocycles. The molecule has 1 atom stereocenters. The molecule has 2 aromatic carbocycles. The average Bonchev–Trinajstić information content (AvgIpc) is 3.17. The highest BCUT2D eigenvalue weighted by molar-refractivity contribution is 9.10. The molecule has 3 aliphatic heterocycles. The summed E-state index contributed by atoms with van der Waals surface area (Å²) in [7, 11) is 0. The van der Waals surface area contributed by atoms with Crippen LogP contribution in [-0.4, -0.2) is 45.5 Å². The minimum atomic E-state index is -0.343. The SMILES string of the molecule is O=c1[nH]c2ccc(Br)cc2c(N[C@H]2CN3CCC2CC3)c1-c1nc2ccc(F)cc2[nH]1. The number of nitrogens with one attached hydrogen (secondary N) is 3. The first-order chi connectivity index (χ1) is 15.0. The van der Waals surface area contributed by atoms with Gasteiger partial charge in [-0.2, -0.15) is 0 Å². The molecule has 7 rings (SSSR count). The van der Waals surface area contributed by atoms with E-state index in [1.807, 2.05) is 18.2 Å². The smallest absolute Gasteiger partial charge is 0.261 e. The van der Waals surface area contributed by atoms with Crippen molar-refractivity contribution in [2.75, 3.05) is 25.0 Å². The molecule has 6 nitrogen and oxygen atoms in total. The fourth-order valence-corrected chi connectivity index (χ4v) is 5.42. The molecular weight excluding hydrogens is 461 g/mol. The number of hydrogen-bond donors (Lipinski definition) is 3. The van der Waals surface area contributed by atoms with Crippen LogP contribution in [0, 0.1) is 11.7 Å². The van der Waals surface area contributed by atoms with Crippen molar-refractivity contribution in [3.63, 3.8) is 0 Å². The lowest BCUT2D eigenvalue weighted by molar-refractivity contribution is 0.0976. The van der Waals surface area contributed by atoms with Crippen LogP contribution in [0.25, 0.3) is 33.3 Å². The van der Waals surface area contributed by atoms with Gasteiger partial charge in [0.25, 0.3) is 5.56 Å². The van der Waals surface area contributed by atoms with E-state index in [1.165, 1.54) is 25.0 Å². The highest BCUT2D eigenvalue weighted by Gasteiger charge is 2.35. The lowest BCUT2D eigenvalue weighted by Crippen LogP contribution is -2.53. The van der Waals surface area contributed by atoms with Crippen molar-refractivity contribution in [2.24, 2.45) is 5.92 Å². The molecule has 3 saturated heterocycles. The normalized spacial score (nSPS) is 23.0. The van der Waals surface area contributed by atoms with E-state index in [1.54, 1.807) is 6.07 Å². The molecule has 0 aliphatic carbocycles. The highest BCUT2D eigenvalue weighted by atomic mass is 79.9. The van der Waals surface area contributed by atoms with Crippen LogP contribution in [0.2, 0.25) is 0 Å². The standard InChI is InChI=1S/C23H21BrFN5O/c24-13-1-3-16-15(9-13)21(26-19-11-30-7-5-12(19)6-8-30)20(23(31)29-16)22-27-17-4-2-14(25)10-18(17)28-22/h1-4,9-10,12,19H,5-8,11H2,(H,27,28)(H2,26,29,31)/t19-/m0/s1. The number of halogens is 2. The van der Waals surface area contributed by atoms with Crippen molar-refractivity contribution in [3.8, 4) is 11.4 Å². The number of pyridine rings is 1. The molecule has 3 fully saturated rings. The Balaban J connectivity index is 1.56. The molecule has 0 amide bonds. The molecule has 0 radical (unpaired) electrons. The predicted molar refractivity (Wildman–Crippen MR) is 124 cm³/mol. The summed E-state index contributed by atoms with van der Waals surface area (Å²) in [4.78, 5) is 26.5. The predicted octanol–water partition coefficient (Wildman–Crippen LogP) is 4.48. The number of rotatable bonds is 3. The van der Waals surface area contributed by atoms with Gasteiger partial charge < -0.3 is 20.2 Å². The fourth-order valence-electron chi connectivity index (χ4n) is 5.06. The number of benzene rings is 2. The maximum atomic E-state index is 13.7. The molecule has 3 aliphatic rings. The van der Waals surface area contributed by atoms with Crippen LogP contribution >= 0.6 is 15.9 Å². The maximum absolute atomic E-state index is 13.7. The molecule has 31 heavy (non-hydrogen) atoms. The van der Waals surface area contributed by atoms with Crippen LogP contribution in [0.3, 0.4) is 0 Å². The van der Waals surface area contributed by atoms with E-state index in [0.717, 1.165) is 40.7 Å². The molecule has 158 valence electrons. The van der Waals surface area contributed by atoms with Gasteiger partial charge in [0.05, 0.1) is 22.2 Å². The molecule has 0 saturated carbocycles. The number of fused-ring (bicyclic) bond motifs is 5. The molecule has 0 spiro atoms. The van der Waals surface area contributed by atoms with Gasteiger partial charge in [0.1, 0.15) is 17.2 Å². The van der Waals surface area contributed by atoms with Gasteiger partial charge in [-0.1, -0.05) is 15.9 Å². The van der Waals surface area contributed by atoms with E-state index in [0.29, 0.717) is 28.3 Å². The van der Waals surface area contributed by atoms with Gasteiger partial charge in [0.15, 0.2) is 0 Å². The van der Waals surface area contributed by atoms with Crippen LogP contribution in [-0.2, 0) is 0 Å². The number of aromatic amines is 2. The Kier molecular flexibility index (Phi) is 4.40. The monoisotopic (exact) mass is 481 g/mol. The van der Waals surface area contributed by atoms with Crippen molar-refractivity contribution in [2.45, 2.75) is 18.9 Å². The second kappa shape index (κ2) is 7.17. The zero-order chi connectivity index (χ0) is 21.1. The van der Waals surface area contributed by atoms with Gasteiger partial charge in [0, 0.05) is 22.4 Å². The second-order valence-electron chi connectivity index (χ2n) is 8.53. The molecule has 4 aromatic rings. The topological polar surface area (TPSA) is 76.8 Å². The highest BCUT2D eigenvalue weighted by Crippen LogP contribution is 2.36. The number of nitrogens with zero attached hydrogens (tertiary/aromatic N) is 2. The van der Waals surface area contributed by atoms with Crippen LogP contribution in [0.5, 0.6) is 0 Å². The van der Waals surface area contributed by atoms with Crippen molar-refractivity contribution in [1.29, 1.82) is 0 Å². The van der Waals surface area contributed by atoms with Gasteiger partial charge in [-0.25, -0.2) is 9.37 Å².